The molecule has 0 aliphatic carbocycles. The van der Waals surface area contributed by atoms with Crippen LogP contribution in [0.25, 0.3) is 6.08 Å². The van der Waals surface area contributed by atoms with Crippen molar-refractivity contribution in [1.82, 2.24) is 0 Å². The van der Waals surface area contributed by atoms with E-state index in [1.807, 2.05) is 11.8 Å². The lowest BCUT2D eigenvalue weighted by molar-refractivity contribution is 0.990. The largest absolute Gasteiger partial charge is 0.369 e. The predicted octanol–water partition coefficient (Wildman–Crippen LogP) is 4.58. The maximum atomic E-state index is 2.31. The van der Waals surface area contributed by atoms with Gasteiger partial charge in [-0.25, -0.2) is 0 Å². The Hall–Kier alpha value is -1.67. The monoisotopic (exact) mass is 267 g/mol. The van der Waals surface area contributed by atoms with Gasteiger partial charge in [0.25, 0.3) is 0 Å². The zero-order valence-corrected chi connectivity index (χ0v) is 12.1. The van der Waals surface area contributed by atoms with E-state index in [1.54, 1.807) is 0 Å². The van der Waals surface area contributed by atoms with Crippen LogP contribution in [0.3, 0.4) is 0 Å². The Morgan fingerprint density at radius 1 is 1.05 bits per heavy atom. The lowest BCUT2D eigenvalue weighted by Gasteiger charge is -2.28. The zero-order valence-electron chi connectivity index (χ0n) is 11.3. The number of rotatable bonds is 1. The summed E-state index contributed by atoms with van der Waals surface area (Å²) in [5.41, 5.74) is 3.91. The van der Waals surface area contributed by atoms with Crippen molar-refractivity contribution in [2.24, 2.45) is 0 Å². The molecule has 0 fully saturated rings. The first-order chi connectivity index (χ1) is 9.22. The van der Waals surface area contributed by atoms with Crippen LogP contribution >= 0.6 is 11.8 Å². The number of anilines is 1. The van der Waals surface area contributed by atoms with Crippen molar-refractivity contribution in [3.8, 4) is 0 Å². The van der Waals surface area contributed by atoms with Crippen LogP contribution in [0.15, 0.2) is 58.3 Å². The summed E-state index contributed by atoms with van der Waals surface area (Å²) < 4.78 is 0. The molecule has 19 heavy (non-hydrogen) atoms. The summed E-state index contributed by atoms with van der Waals surface area (Å²) in [5.74, 6) is 0. The molecule has 0 unspecified atom stereocenters. The molecule has 2 aromatic carbocycles. The van der Waals surface area contributed by atoms with Crippen molar-refractivity contribution in [1.29, 1.82) is 0 Å². The van der Waals surface area contributed by atoms with Gasteiger partial charge < -0.3 is 4.90 Å². The minimum absolute atomic E-state index is 0.982. The molecule has 0 radical (unpaired) electrons. The summed E-state index contributed by atoms with van der Waals surface area (Å²) in [6.07, 6.45) is 2.29. The van der Waals surface area contributed by atoms with Crippen LogP contribution in [0.5, 0.6) is 0 Å². The van der Waals surface area contributed by atoms with Gasteiger partial charge in [-0.3, -0.25) is 0 Å². The van der Waals surface area contributed by atoms with E-state index < -0.39 is 0 Å². The number of thioether (sulfide) groups is 1. The van der Waals surface area contributed by atoms with E-state index in [4.69, 9.17) is 0 Å². The number of benzene rings is 2. The third-order valence-electron chi connectivity index (χ3n) is 3.32. The van der Waals surface area contributed by atoms with Crippen LogP contribution in [0.1, 0.15) is 11.1 Å². The molecule has 2 aromatic rings. The molecule has 0 saturated heterocycles. The van der Waals surface area contributed by atoms with Crippen molar-refractivity contribution < 1.29 is 0 Å². The van der Waals surface area contributed by atoms with Crippen molar-refractivity contribution in [2.45, 2.75) is 11.8 Å². The number of hydrogen-bond donors (Lipinski definition) is 0. The highest BCUT2D eigenvalue weighted by Gasteiger charge is 2.16. The van der Waals surface area contributed by atoms with Crippen LogP contribution in [-0.2, 0) is 0 Å². The van der Waals surface area contributed by atoms with Gasteiger partial charge in [-0.1, -0.05) is 53.7 Å². The lowest BCUT2D eigenvalue weighted by atomic mass is 10.1. The lowest BCUT2D eigenvalue weighted by Crippen LogP contribution is -2.22. The molecule has 0 spiro atoms. The fourth-order valence-electron chi connectivity index (χ4n) is 2.27. The fourth-order valence-corrected chi connectivity index (χ4v) is 3.49. The molecule has 1 aliphatic rings. The second kappa shape index (κ2) is 5.14. The van der Waals surface area contributed by atoms with E-state index in [-0.39, 0.29) is 0 Å². The molecule has 1 heterocycles. The molecule has 0 atom stereocenters. The van der Waals surface area contributed by atoms with Crippen molar-refractivity contribution in [3.05, 3.63) is 64.6 Å². The molecule has 0 aromatic heterocycles. The first-order valence-corrected chi connectivity index (χ1v) is 7.29. The quantitative estimate of drug-likeness (QED) is 0.744. The van der Waals surface area contributed by atoms with Gasteiger partial charge in [0.1, 0.15) is 0 Å². The number of hydrogen-bond acceptors (Lipinski definition) is 2. The van der Waals surface area contributed by atoms with E-state index in [0.717, 1.165) is 6.54 Å². The average molecular weight is 267 g/mol. The second-order valence-electron chi connectivity index (χ2n) is 4.95. The Labute approximate surface area is 119 Å². The van der Waals surface area contributed by atoms with Gasteiger partial charge >= 0.3 is 0 Å². The zero-order chi connectivity index (χ0) is 13.2. The maximum absolute atomic E-state index is 2.31. The number of aryl methyl sites for hydroxylation is 1. The molecule has 1 aliphatic heterocycles. The van der Waals surface area contributed by atoms with E-state index in [9.17, 15) is 0 Å². The van der Waals surface area contributed by atoms with Gasteiger partial charge in [-0.15, -0.1) is 0 Å². The topological polar surface area (TPSA) is 3.24 Å². The van der Waals surface area contributed by atoms with Gasteiger partial charge in [0.2, 0.25) is 0 Å². The summed E-state index contributed by atoms with van der Waals surface area (Å²) in [4.78, 5) is 5.05. The normalized spacial score (nSPS) is 16.5. The third kappa shape index (κ3) is 2.69. The third-order valence-corrected chi connectivity index (χ3v) is 4.39. The molecule has 0 amide bonds. The number of nitrogens with zero attached hydrogens (tertiary/aromatic N) is 1. The van der Waals surface area contributed by atoms with Crippen LogP contribution in [0.4, 0.5) is 5.69 Å². The van der Waals surface area contributed by atoms with Crippen molar-refractivity contribution >= 4 is 23.5 Å². The number of para-hydroxylation sites is 1. The Bertz CT molecular complexity index is 613. The molecule has 0 saturated carbocycles. The molecule has 0 bridgehead atoms. The van der Waals surface area contributed by atoms with E-state index in [2.05, 4.69) is 73.5 Å². The van der Waals surface area contributed by atoms with Gasteiger partial charge in [0, 0.05) is 23.4 Å². The molecule has 0 N–H and O–H groups in total. The van der Waals surface area contributed by atoms with Crippen LogP contribution < -0.4 is 4.90 Å². The van der Waals surface area contributed by atoms with Crippen molar-refractivity contribution in [2.75, 3.05) is 18.5 Å². The highest BCUT2D eigenvalue weighted by atomic mass is 32.2. The SMILES string of the molecule is Cc1ccc(/C=C2\CN(C)c3ccccc3S2)cc1. The summed E-state index contributed by atoms with van der Waals surface area (Å²) in [5, 5.41) is 0. The Morgan fingerprint density at radius 3 is 2.58 bits per heavy atom. The van der Waals surface area contributed by atoms with Crippen LogP contribution in [-0.4, -0.2) is 13.6 Å². The van der Waals surface area contributed by atoms with Gasteiger partial charge in [-0.05, 0) is 30.7 Å². The molecule has 96 valence electrons. The molecule has 1 nitrogen and oxygen atoms in total. The molecule has 3 rings (SSSR count). The highest BCUT2D eigenvalue weighted by molar-refractivity contribution is 8.03. The fraction of sp³-hybridized carbons (Fsp3) is 0.176. The van der Waals surface area contributed by atoms with E-state index >= 15 is 0 Å². The minimum Gasteiger partial charge on any atom is -0.369 e. The Morgan fingerprint density at radius 2 is 1.79 bits per heavy atom. The van der Waals surface area contributed by atoms with Crippen molar-refractivity contribution in [3.63, 3.8) is 0 Å². The molecular formula is C17H17NS. The number of likely N-dealkylation sites (N-methyl/N-ethyl adjacent to an activating group) is 1. The Kier molecular flexibility index (Phi) is 3.34. The van der Waals surface area contributed by atoms with Gasteiger partial charge in [0.15, 0.2) is 0 Å². The number of fused-ring (bicyclic) bond motifs is 1. The first kappa shape index (κ1) is 12.4. The summed E-state index contributed by atoms with van der Waals surface area (Å²) in [7, 11) is 2.15. The minimum atomic E-state index is 0.982. The standard InChI is InChI=1S/C17H17NS/c1-13-7-9-14(10-8-13)11-15-12-18(2)16-5-3-4-6-17(16)19-15/h3-11H,12H2,1-2H3/b15-11+. The summed E-state index contributed by atoms with van der Waals surface area (Å²) in [6, 6.07) is 17.3. The van der Waals surface area contributed by atoms with Gasteiger partial charge in [-0.2, -0.15) is 0 Å². The molecule has 2 heteroatoms. The first-order valence-electron chi connectivity index (χ1n) is 6.47. The van der Waals surface area contributed by atoms with Gasteiger partial charge in [0.05, 0.1) is 5.69 Å². The predicted molar refractivity (Wildman–Crippen MR) is 84.7 cm³/mol. The molecular weight excluding hydrogens is 250 g/mol. The smallest absolute Gasteiger partial charge is 0.0508 e. The highest BCUT2D eigenvalue weighted by Crippen LogP contribution is 2.40. The summed E-state index contributed by atoms with van der Waals surface area (Å²) in [6.45, 7) is 3.10. The second-order valence-corrected chi connectivity index (χ2v) is 6.12. The van der Waals surface area contributed by atoms with E-state index in [1.165, 1.54) is 26.6 Å². The van der Waals surface area contributed by atoms with Crippen LogP contribution in [0, 0.1) is 6.92 Å². The average Bonchev–Trinajstić information content (AvgIpc) is 2.42. The van der Waals surface area contributed by atoms with Crippen LogP contribution in [0.2, 0.25) is 0 Å². The maximum Gasteiger partial charge on any atom is 0.0508 e. The summed E-state index contributed by atoms with van der Waals surface area (Å²) >= 11 is 1.88. The Balaban J connectivity index is 1.90. The van der Waals surface area contributed by atoms with E-state index in [0.29, 0.717) is 0 Å².